The van der Waals surface area contributed by atoms with Crippen molar-refractivity contribution in [1.82, 2.24) is 5.32 Å². The molecule has 110 valence electrons. The lowest BCUT2D eigenvalue weighted by Crippen LogP contribution is -2.44. The van der Waals surface area contributed by atoms with Crippen LogP contribution in [0.2, 0.25) is 0 Å². The van der Waals surface area contributed by atoms with Gasteiger partial charge in [0.15, 0.2) is 0 Å². The summed E-state index contributed by atoms with van der Waals surface area (Å²) in [5.74, 6) is 0. The second kappa shape index (κ2) is 5.28. The van der Waals surface area contributed by atoms with Gasteiger partial charge in [-0.25, -0.2) is 0 Å². The minimum Gasteiger partial charge on any atom is -0.391 e. The number of hydrogen-bond donors (Lipinski definition) is 2. The first-order valence-corrected chi connectivity index (χ1v) is 7.59. The van der Waals surface area contributed by atoms with Crippen molar-refractivity contribution in [2.45, 2.75) is 44.9 Å². The number of hydrogen-bond acceptors (Lipinski definition) is 2. The highest BCUT2D eigenvalue weighted by molar-refractivity contribution is 5.72. The summed E-state index contributed by atoms with van der Waals surface area (Å²) in [6, 6.07) is 16.8. The fraction of sp³-hybridized carbons (Fsp3) is 0.368. The van der Waals surface area contributed by atoms with Crippen molar-refractivity contribution in [3.63, 3.8) is 0 Å². The number of nitrogens with one attached hydrogen (secondary N) is 1. The second-order valence-electron chi connectivity index (χ2n) is 6.89. The molecule has 21 heavy (non-hydrogen) atoms. The first-order valence-electron chi connectivity index (χ1n) is 7.59. The topological polar surface area (TPSA) is 32.3 Å². The standard InChI is InChI=1S/C19H23NO/c1-19(2,3)20-18-16-11-7-6-10-15(16)14-9-5-4-8-13(14)12-17(18)21/h4-11,17-18,20-21H,12H2,1-3H3. The summed E-state index contributed by atoms with van der Waals surface area (Å²) in [5.41, 5.74) is 4.83. The average molecular weight is 281 g/mol. The van der Waals surface area contributed by atoms with E-state index in [2.05, 4.69) is 68.6 Å². The Morgan fingerprint density at radius 3 is 2.29 bits per heavy atom. The van der Waals surface area contributed by atoms with Crippen LogP contribution < -0.4 is 5.32 Å². The third kappa shape index (κ3) is 2.87. The van der Waals surface area contributed by atoms with E-state index >= 15 is 0 Å². The number of rotatable bonds is 1. The zero-order valence-corrected chi connectivity index (χ0v) is 12.9. The van der Waals surface area contributed by atoms with Crippen LogP contribution in [0, 0.1) is 0 Å². The Morgan fingerprint density at radius 1 is 0.952 bits per heavy atom. The summed E-state index contributed by atoms with van der Waals surface area (Å²) >= 11 is 0. The molecule has 2 N–H and O–H groups in total. The Bertz CT molecular complexity index is 642. The normalized spacial score (nSPS) is 21.3. The van der Waals surface area contributed by atoms with Gasteiger partial charge in [0.1, 0.15) is 0 Å². The van der Waals surface area contributed by atoms with E-state index in [4.69, 9.17) is 0 Å². The van der Waals surface area contributed by atoms with Crippen molar-refractivity contribution < 1.29 is 5.11 Å². The quantitative estimate of drug-likeness (QED) is 0.835. The van der Waals surface area contributed by atoms with E-state index < -0.39 is 6.10 Å². The molecular formula is C19H23NO. The monoisotopic (exact) mass is 281 g/mol. The lowest BCUT2D eigenvalue weighted by molar-refractivity contribution is 0.114. The summed E-state index contributed by atoms with van der Waals surface area (Å²) in [4.78, 5) is 0. The van der Waals surface area contributed by atoms with Crippen LogP contribution in [0.15, 0.2) is 48.5 Å². The van der Waals surface area contributed by atoms with Crippen molar-refractivity contribution in [1.29, 1.82) is 0 Å². The Morgan fingerprint density at radius 2 is 1.57 bits per heavy atom. The molecule has 0 amide bonds. The Hall–Kier alpha value is -1.64. The summed E-state index contributed by atoms with van der Waals surface area (Å²) in [6.45, 7) is 6.42. The summed E-state index contributed by atoms with van der Waals surface area (Å²) in [6.07, 6.45) is 0.257. The van der Waals surface area contributed by atoms with Gasteiger partial charge in [-0.15, -0.1) is 0 Å². The summed E-state index contributed by atoms with van der Waals surface area (Å²) in [7, 11) is 0. The van der Waals surface area contributed by atoms with Crippen LogP contribution in [-0.2, 0) is 6.42 Å². The van der Waals surface area contributed by atoms with Crippen molar-refractivity contribution in [2.75, 3.05) is 0 Å². The SMILES string of the molecule is CC(C)(C)NC1c2ccccc2-c2ccccc2CC1O. The van der Waals surface area contributed by atoms with Gasteiger partial charge in [-0.2, -0.15) is 0 Å². The van der Waals surface area contributed by atoms with Crippen LogP contribution in [0.4, 0.5) is 0 Å². The first kappa shape index (κ1) is 14.3. The molecule has 0 heterocycles. The zero-order chi connectivity index (χ0) is 15.0. The van der Waals surface area contributed by atoms with Gasteiger partial charge in [-0.05, 0) is 43.0 Å². The van der Waals surface area contributed by atoms with Gasteiger partial charge < -0.3 is 10.4 Å². The molecule has 2 aromatic carbocycles. The maximum absolute atomic E-state index is 10.7. The van der Waals surface area contributed by atoms with Gasteiger partial charge >= 0.3 is 0 Å². The molecule has 2 aromatic rings. The number of aliphatic hydroxyl groups excluding tert-OH is 1. The fourth-order valence-electron chi connectivity index (χ4n) is 3.17. The zero-order valence-electron chi connectivity index (χ0n) is 12.9. The minimum atomic E-state index is -0.422. The van der Waals surface area contributed by atoms with Gasteiger partial charge in [0.2, 0.25) is 0 Å². The molecule has 2 heteroatoms. The fourth-order valence-corrected chi connectivity index (χ4v) is 3.17. The van der Waals surface area contributed by atoms with Gasteiger partial charge in [0.25, 0.3) is 0 Å². The molecule has 2 nitrogen and oxygen atoms in total. The van der Waals surface area contributed by atoms with E-state index in [1.54, 1.807) is 0 Å². The smallest absolute Gasteiger partial charge is 0.0775 e. The molecule has 1 aliphatic rings. The van der Waals surface area contributed by atoms with Crippen LogP contribution >= 0.6 is 0 Å². The Kier molecular flexibility index (Phi) is 3.60. The maximum Gasteiger partial charge on any atom is 0.0775 e. The van der Waals surface area contributed by atoms with Crippen LogP contribution in [0.1, 0.15) is 37.9 Å². The van der Waals surface area contributed by atoms with Gasteiger partial charge in [-0.1, -0.05) is 48.5 Å². The first-order chi connectivity index (χ1) is 9.96. The molecule has 0 radical (unpaired) electrons. The highest BCUT2D eigenvalue weighted by atomic mass is 16.3. The molecule has 0 saturated carbocycles. The number of benzene rings is 2. The van der Waals surface area contributed by atoms with Crippen LogP contribution in [-0.4, -0.2) is 16.7 Å². The van der Waals surface area contributed by atoms with Crippen molar-refractivity contribution in [3.05, 3.63) is 59.7 Å². The van der Waals surface area contributed by atoms with E-state index in [0.29, 0.717) is 6.42 Å². The van der Waals surface area contributed by atoms with Crippen LogP contribution in [0.3, 0.4) is 0 Å². The van der Waals surface area contributed by atoms with Crippen molar-refractivity contribution >= 4 is 0 Å². The Balaban J connectivity index is 2.15. The lowest BCUT2D eigenvalue weighted by atomic mass is 9.93. The van der Waals surface area contributed by atoms with E-state index in [0.717, 1.165) is 0 Å². The molecular weight excluding hydrogens is 258 g/mol. The highest BCUT2D eigenvalue weighted by Crippen LogP contribution is 2.37. The summed E-state index contributed by atoms with van der Waals surface area (Å²) < 4.78 is 0. The van der Waals surface area contributed by atoms with Crippen LogP contribution in [0.25, 0.3) is 11.1 Å². The molecule has 0 saturated heterocycles. The predicted octanol–water partition coefficient (Wildman–Crippen LogP) is 3.70. The van der Waals surface area contributed by atoms with Crippen molar-refractivity contribution in [2.24, 2.45) is 0 Å². The molecule has 0 spiro atoms. The molecule has 1 aliphatic carbocycles. The number of fused-ring (bicyclic) bond motifs is 3. The largest absolute Gasteiger partial charge is 0.391 e. The molecule has 0 fully saturated rings. The van der Waals surface area contributed by atoms with Crippen molar-refractivity contribution in [3.8, 4) is 11.1 Å². The van der Waals surface area contributed by atoms with Gasteiger partial charge in [0.05, 0.1) is 12.1 Å². The van der Waals surface area contributed by atoms with E-state index in [9.17, 15) is 5.11 Å². The van der Waals surface area contributed by atoms with Gasteiger partial charge in [-0.3, -0.25) is 0 Å². The minimum absolute atomic E-state index is 0.0463. The average Bonchev–Trinajstić information content (AvgIpc) is 2.54. The third-order valence-corrected chi connectivity index (χ3v) is 4.01. The molecule has 2 atom stereocenters. The lowest BCUT2D eigenvalue weighted by Gasteiger charge is -2.32. The van der Waals surface area contributed by atoms with E-state index in [1.807, 2.05) is 6.07 Å². The predicted molar refractivity (Wildman–Crippen MR) is 87.2 cm³/mol. The third-order valence-electron chi connectivity index (χ3n) is 4.01. The van der Waals surface area contributed by atoms with Crippen LogP contribution in [0.5, 0.6) is 0 Å². The molecule has 0 aromatic heterocycles. The molecule has 3 rings (SSSR count). The highest BCUT2D eigenvalue weighted by Gasteiger charge is 2.31. The molecule has 0 bridgehead atoms. The summed E-state index contributed by atoms with van der Waals surface area (Å²) in [5, 5.41) is 14.3. The van der Waals surface area contributed by atoms with E-state index in [-0.39, 0.29) is 11.6 Å². The van der Waals surface area contributed by atoms with Gasteiger partial charge in [0, 0.05) is 12.0 Å². The Labute approximate surface area is 126 Å². The molecule has 2 unspecified atom stereocenters. The molecule has 0 aliphatic heterocycles. The van der Waals surface area contributed by atoms with E-state index in [1.165, 1.54) is 22.3 Å². The maximum atomic E-state index is 10.7. The number of aliphatic hydroxyl groups is 1. The second-order valence-corrected chi connectivity index (χ2v) is 6.89.